The summed E-state index contributed by atoms with van der Waals surface area (Å²) in [5.41, 5.74) is 1.77. The third-order valence-corrected chi connectivity index (χ3v) is 4.87. The third kappa shape index (κ3) is 2.60. The van der Waals surface area contributed by atoms with Gasteiger partial charge in [-0.05, 0) is 43.5 Å². The Balaban J connectivity index is 2.66. The summed E-state index contributed by atoms with van der Waals surface area (Å²) in [6.07, 6.45) is 2.01. The Kier molecular flexibility index (Phi) is 4.61. The average Bonchev–Trinajstić information content (AvgIpc) is 3.00. The highest BCUT2D eigenvalue weighted by molar-refractivity contribution is 6.04. The van der Waals surface area contributed by atoms with Crippen LogP contribution in [0.3, 0.4) is 0 Å². The first kappa shape index (κ1) is 19.0. The first-order valence-corrected chi connectivity index (χ1v) is 8.61. The molecule has 28 heavy (non-hydrogen) atoms. The van der Waals surface area contributed by atoms with Gasteiger partial charge in [-0.1, -0.05) is 6.92 Å². The Labute approximate surface area is 160 Å². The normalized spacial score (nSPS) is 10.8. The Morgan fingerprint density at radius 1 is 1.14 bits per heavy atom. The molecule has 0 bridgehead atoms. The van der Waals surface area contributed by atoms with Crippen molar-refractivity contribution >= 4 is 23.1 Å². The number of carbonyl (C=O) groups is 2. The molecule has 0 saturated heterocycles. The second kappa shape index (κ2) is 6.78. The van der Waals surface area contributed by atoms with E-state index in [0.717, 1.165) is 5.56 Å². The lowest BCUT2D eigenvalue weighted by molar-refractivity contribution is 0.0695. The van der Waals surface area contributed by atoms with Gasteiger partial charge in [0.1, 0.15) is 11.3 Å². The molecule has 0 amide bonds. The van der Waals surface area contributed by atoms with Crippen LogP contribution in [-0.2, 0) is 6.42 Å². The molecule has 142 valence electrons. The summed E-state index contributed by atoms with van der Waals surface area (Å²) < 4.78 is 1.50. The summed E-state index contributed by atoms with van der Waals surface area (Å²) in [6, 6.07) is 3.72. The molecule has 3 rings (SSSR count). The Morgan fingerprint density at radius 3 is 2.18 bits per heavy atom. The lowest BCUT2D eigenvalue weighted by Crippen LogP contribution is -2.19. The lowest BCUT2D eigenvalue weighted by atomic mass is 9.91. The number of aromatic carboxylic acids is 2. The number of aromatic nitrogens is 3. The molecule has 0 atom stereocenters. The van der Waals surface area contributed by atoms with E-state index in [1.54, 1.807) is 12.3 Å². The number of pyridine rings is 1. The van der Waals surface area contributed by atoms with Crippen LogP contribution < -0.4 is 0 Å². The van der Waals surface area contributed by atoms with Gasteiger partial charge in [0.05, 0.1) is 28.4 Å². The third-order valence-electron chi connectivity index (χ3n) is 4.87. The van der Waals surface area contributed by atoms with Crippen LogP contribution in [0, 0.1) is 32.1 Å². The minimum absolute atomic E-state index is 0.0218. The number of nitriles is 1. The molecule has 8 heteroatoms. The predicted molar refractivity (Wildman–Crippen MR) is 101 cm³/mol. The van der Waals surface area contributed by atoms with E-state index in [1.165, 1.54) is 18.4 Å². The molecule has 2 heterocycles. The summed E-state index contributed by atoms with van der Waals surface area (Å²) in [6.45, 7) is 6.71. The van der Waals surface area contributed by atoms with Crippen LogP contribution in [0.4, 0.5) is 0 Å². The number of imidazole rings is 1. The second-order valence-electron chi connectivity index (χ2n) is 6.46. The van der Waals surface area contributed by atoms with Crippen molar-refractivity contribution in [1.82, 2.24) is 14.5 Å². The van der Waals surface area contributed by atoms with Crippen LogP contribution in [0.5, 0.6) is 0 Å². The van der Waals surface area contributed by atoms with Gasteiger partial charge in [-0.2, -0.15) is 5.26 Å². The molecule has 0 saturated carbocycles. The van der Waals surface area contributed by atoms with Gasteiger partial charge in [-0.25, -0.2) is 19.6 Å². The average molecular weight is 378 g/mol. The van der Waals surface area contributed by atoms with Crippen molar-refractivity contribution in [2.75, 3.05) is 0 Å². The molecule has 3 aromatic rings. The topological polar surface area (TPSA) is 129 Å². The lowest BCUT2D eigenvalue weighted by Gasteiger charge is -2.19. The van der Waals surface area contributed by atoms with Crippen molar-refractivity contribution in [3.05, 3.63) is 51.5 Å². The number of nitrogens with zero attached hydrogens (tertiary/aromatic N) is 4. The SMILES string of the molecule is CCc1nc2c(C)ccnc2n1-c1c(C(=O)O)c(C)c(C#N)c(C)c1C(=O)O. The fourth-order valence-corrected chi connectivity index (χ4v) is 3.54. The molecular formula is C20H18N4O4. The summed E-state index contributed by atoms with van der Waals surface area (Å²) in [5.74, 6) is -2.14. The van der Waals surface area contributed by atoms with Crippen molar-refractivity contribution in [3.63, 3.8) is 0 Å². The summed E-state index contributed by atoms with van der Waals surface area (Å²) in [7, 11) is 0. The zero-order valence-corrected chi connectivity index (χ0v) is 15.9. The van der Waals surface area contributed by atoms with Crippen LogP contribution >= 0.6 is 0 Å². The van der Waals surface area contributed by atoms with Gasteiger partial charge < -0.3 is 10.2 Å². The van der Waals surface area contributed by atoms with Crippen molar-refractivity contribution in [3.8, 4) is 11.8 Å². The van der Waals surface area contributed by atoms with Crippen molar-refractivity contribution < 1.29 is 19.8 Å². The van der Waals surface area contributed by atoms with Crippen molar-refractivity contribution in [1.29, 1.82) is 5.26 Å². The molecule has 0 aliphatic heterocycles. The Bertz CT molecular complexity index is 1160. The molecule has 0 radical (unpaired) electrons. The Hall–Kier alpha value is -3.73. The van der Waals surface area contributed by atoms with E-state index in [1.807, 2.05) is 19.9 Å². The molecule has 8 nitrogen and oxygen atoms in total. The molecule has 2 N–H and O–H groups in total. The van der Waals surface area contributed by atoms with E-state index in [-0.39, 0.29) is 33.5 Å². The first-order valence-electron chi connectivity index (χ1n) is 8.61. The van der Waals surface area contributed by atoms with Crippen LogP contribution in [0.1, 0.15) is 55.7 Å². The number of carboxylic acids is 2. The van der Waals surface area contributed by atoms with E-state index in [0.29, 0.717) is 23.4 Å². The molecular weight excluding hydrogens is 360 g/mol. The van der Waals surface area contributed by atoms with E-state index in [9.17, 15) is 25.1 Å². The zero-order valence-electron chi connectivity index (χ0n) is 15.9. The smallest absolute Gasteiger partial charge is 0.338 e. The maximum absolute atomic E-state index is 12.1. The summed E-state index contributed by atoms with van der Waals surface area (Å²) >= 11 is 0. The quantitative estimate of drug-likeness (QED) is 0.713. The van der Waals surface area contributed by atoms with Crippen LogP contribution in [0.25, 0.3) is 16.9 Å². The number of benzene rings is 1. The summed E-state index contributed by atoms with van der Waals surface area (Å²) in [4.78, 5) is 33.2. The van der Waals surface area contributed by atoms with Gasteiger partial charge in [-0.3, -0.25) is 4.57 Å². The number of rotatable bonds is 4. The van der Waals surface area contributed by atoms with E-state index in [4.69, 9.17) is 0 Å². The zero-order chi connectivity index (χ0) is 20.7. The maximum Gasteiger partial charge on any atom is 0.338 e. The predicted octanol–water partition coefficient (Wildman–Crippen LogP) is 3.18. The van der Waals surface area contributed by atoms with E-state index >= 15 is 0 Å². The van der Waals surface area contributed by atoms with Gasteiger partial charge >= 0.3 is 11.9 Å². The Morgan fingerprint density at radius 2 is 1.71 bits per heavy atom. The molecule has 0 aliphatic rings. The molecule has 0 fully saturated rings. The number of carboxylic acid groups (broad SMARTS) is 2. The first-order chi connectivity index (χ1) is 13.2. The minimum atomic E-state index is -1.32. The minimum Gasteiger partial charge on any atom is -0.478 e. The van der Waals surface area contributed by atoms with Crippen molar-refractivity contribution in [2.45, 2.75) is 34.1 Å². The highest BCUT2D eigenvalue weighted by atomic mass is 16.4. The highest BCUT2D eigenvalue weighted by Crippen LogP contribution is 2.34. The number of fused-ring (bicyclic) bond motifs is 1. The fraction of sp³-hybridized carbons (Fsp3) is 0.250. The van der Waals surface area contributed by atoms with Crippen LogP contribution in [0.2, 0.25) is 0 Å². The summed E-state index contributed by atoms with van der Waals surface area (Å²) in [5, 5.41) is 29.3. The standard InChI is InChI=1S/C20H18N4O4/c1-5-13-23-16-9(2)6-7-22-18(16)24(13)17-14(19(25)26)10(3)12(8-21)11(4)15(17)20(27)28/h6-7H,5H2,1-4H3,(H,25,26)(H,27,28). The largest absolute Gasteiger partial charge is 0.478 e. The van der Waals surface area contributed by atoms with Gasteiger partial charge in [0.25, 0.3) is 0 Å². The second-order valence-corrected chi connectivity index (χ2v) is 6.46. The molecule has 0 aliphatic carbocycles. The van der Waals surface area contributed by atoms with Crippen LogP contribution in [-0.4, -0.2) is 36.7 Å². The van der Waals surface area contributed by atoms with E-state index in [2.05, 4.69) is 9.97 Å². The number of hydrogen-bond acceptors (Lipinski definition) is 5. The van der Waals surface area contributed by atoms with Gasteiger partial charge in [0, 0.05) is 12.6 Å². The molecule has 0 spiro atoms. The number of hydrogen-bond donors (Lipinski definition) is 2. The van der Waals surface area contributed by atoms with Gasteiger partial charge in [-0.15, -0.1) is 0 Å². The van der Waals surface area contributed by atoms with E-state index < -0.39 is 11.9 Å². The fourth-order valence-electron chi connectivity index (χ4n) is 3.54. The monoisotopic (exact) mass is 378 g/mol. The molecule has 1 aromatic carbocycles. The maximum atomic E-state index is 12.1. The van der Waals surface area contributed by atoms with Gasteiger partial charge in [0.2, 0.25) is 0 Å². The van der Waals surface area contributed by atoms with Gasteiger partial charge in [0.15, 0.2) is 5.65 Å². The highest BCUT2D eigenvalue weighted by Gasteiger charge is 2.30. The molecule has 2 aromatic heterocycles. The van der Waals surface area contributed by atoms with Crippen LogP contribution in [0.15, 0.2) is 12.3 Å². The molecule has 0 unspecified atom stereocenters. The number of aryl methyl sites for hydroxylation is 2. The van der Waals surface area contributed by atoms with Crippen molar-refractivity contribution in [2.24, 2.45) is 0 Å².